The zero-order valence-corrected chi connectivity index (χ0v) is 11.6. The van der Waals surface area contributed by atoms with Crippen LogP contribution in [0, 0.1) is 0 Å². The van der Waals surface area contributed by atoms with Crippen molar-refractivity contribution in [2.24, 2.45) is 0 Å². The zero-order valence-electron chi connectivity index (χ0n) is 9.18. The number of thiophene rings is 1. The molecular weight excluding hydrogens is 270 g/mol. The summed E-state index contributed by atoms with van der Waals surface area (Å²) in [5, 5.41) is 5.87. The van der Waals surface area contributed by atoms with Crippen LogP contribution in [0.5, 0.6) is 0 Å². The van der Waals surface area contributed by atoms with Gasteiger partial charge in [-0.1, -0.05) is 19.3 Å². The minimum atomic E-state index is 0.384. The lowest BCUT2D eigenvalue weighted by molar-refractivity contribution is 0.253. The fraction of sp³-hybridized carbons (Fsp3) is 0.667. The van der Waals surface area contributed by atoms with Crippen LogP contribution in [-0.2, 0) is 6.54 Å². The molecule has 2 rings (SSSR count). The SMILES string of the molecule is CC1(NCc2cc(Br)cs2)CCCCC1. The minimum absolute atomic E-state index is 0.384. The molecule has 0 aromatic carbocycles. The Kier molecular flexibility index (Phi) is 3.86. The Morgan fingerprint density at radius 3 is 2.73 bits per heavy atom. The van der Waals surface area contributed by atoms with Crippen LogP contribution >= 0.6 is 27.3 Å². The molecular formula is C12H18BrNS. The highest BCUT2D eigenvalue weighted by atomic mass is 79.9. The van der Waals surface area contributed by atoms with Gasteiger partial charge in [0.15, 0.2) is 0 Å². The quantitative estimate of drug-likeness (QED) is 0.873. The van der Waals surface area contributed by atoms with E-state index in [4.69, 9.17) is 0 Å². The smallest absolute Gasteiger partial charge is 0.0305 e. The monoisotopic (exact) mass is 287 g/mol. The summed E-state index contributed by atoms with van der Waals surface area (Å²) < 4.78 is 1.21. The van der Waals surface area contributed by atoms with Gasteiger partial charge in [0.1, 0.15) is 0 Å². The first-order valence-electron chi connectivity index (χ1n) is 5.66. The fourth-order valence-corrected chi connectivity index (χ4v) is 3.65. The lowest BCUT2D eigenvalue weighted by Gasteiger charge is -2.34. The molecule has 1 saturated carbocycles. The molecule has 1 aromatic rings. The molecule has 1 heterocycles. The van der Waals surface area contributed by atoms with Gasteiger partial charge in [0.2, 0.25) is 0 Å². The molecule has 0 bridgehead atoms. The van der Waals surface area contributed by atoms with E-state index in [0.29, 0.717) is 5.54 Å². The summed E-state index contributed by atoms with van der Waals surface area (Å²) in [5.74, 6) is 0. The number of halogens is 1. The minimum Gasteiger partial charge on any atom is -0.307 e. The van der Waals surface area contributed by atoms with Crippen molar-refractivity contribution in [3.63, 3.8) is 0 Å². The molecule has 1 nitrogen and oxygen atoms in total. The van der Waals surface area contributed by atoms with E-state index >= 15 is 0 Å². The highest BCUT2D eigenvalue weighted by molar-refractivity contribution is 9.10. The maximum Gasteiger partial charge on any atom is 0.0305 e. The van der Waals surface area contributed by atoms with Gasteiger partial charge in [0, 0.05) is 26.8 Å². The van der Waals surface area contributed by atoms with E-state index in [9.17, 15) is 0 Å². The number of hydrogen-bond acceptors (Lipinski definition) is 2. The molecule has 3 heteroatoms. The first kappa shape index (κ1) is 11.6. The van der Waals surface area contributed by atoms with Gasteiger partial charge in [-0.2, -0.15) is 0 Å². The van der Waals surface area contributed by atoms with Crippen molar-refractivity contribution < 1.29 is 0 Å². The summed E-state index contributed by atoms with van der Waals surface area (Å²) in [4.78, 5) is 1.42. The second kappa shape index (κ2) is 4.98. The summed E-state index contributed by atoms with van der Waals surface area (Å²) >= 11 is 5.32. The van der Waals surface area contributed by atoms with Crippen LogP contribution < -0.4 is 5.32 Å². The van der Waals surface area contributed by atoms with E-state index in [-0.39, 0.29) is 0 Å². The van der Waals surface area contributed by atoms with Gasteiger partial charge in [-0.15, -0.1) is 11.3 Å². The molecule has 0 atom stereocenters. The number of hydrogen-bond donors (Lipinski definition) is 1. The van der Waals surface area contributed by atoms with E-state index in [2.05, 4.69) is 39.6 Å². The third kappa shape index (κ3) is 3.30. The molecule has 0 amide bonds. The van der Waals surface area contributed by atoms with Crippen LogP contribution in [0.25, 0.3) is 0 Å². The maximum atomic E-state index is 3.72. The average Bonchev–Trinajstić information content (AvgIpc) is 2.63. The Bertz CT molecular complexity index is 315. The molecule has 0 radical (unpaired) electrons. The van der Waals surface area contributed by atoms with Crippen LogP contribution in [0.1, 0.15) is 43.9 Å². The van der Waals surface area contributed by atoms with Crippen LogP contribution in [0.3, 0.4) is 0 Å². The highest BCUT2D eigenvalue weighted by Crippen LogP contribution is 2.28. The summed E-state index contributed by atoms with van der Waals surface area (Å²) in [6.07, 6.45) is 6.86. The Morgan fingerprint density at radius 2 is 2.13 bits per heavy atom. The summed E-state index contributed by atoms with van der Waals surface area (Å²) in [6.45, 7) is 3.39. The van der Waals surface area contributed by atoms with Gasteiger partial charge >= 0.3 is 0 Å². The van der Waals surface area contributed by atoms with Gasteiger partial charge in [0.05, 0.1) is 0 Å². The Morgan fingerprint density at radius 1 is 1.40 bits per heavy atom. The predicted molar refractivity (Wildman–Crippen MR) is 70.3 cm³/mol. The van der Waals surface area contributed by atoms with E-state index in [0.717, 1.165) is 6.54 Å². The second-order valence-corrected chi connectivity index (χ2v) is 6.62. The van der Waals surface area contributed by atoms with Crippen molar-refractivity contribution in [1.82, 2.24) is 5.32 Å². The van der Waals surface area contributed by atoms with Crippen LogP contribution in [0.4, 0.5) is 0 Å². The lowest BCUT2D eigenvalue weighted by atomic mass is 9.83. The van der Waals surface area contributed by atoms with Crippen LogP contribution in [-0.4, -0.2) is 5.54 Å². The predicted octanol–water partition coefficient (Wildman–Crippen LogP) is 4.32. The van der Waals surface area contributed by atoms with Crippen LogP contribution in [0.2, 0.25) is 0 Å². The molecule has 0 aliphatic heterocycles. The van der Waals surface area contributed by atoms with Crippen molar-refractivity contribution >= 4 is 27.3 Å². The third-order valence-corrected chi connectivity index (χ3v) is 4.97. The molecule has 84 valence electrons. The Balaban J connectivity index is 1.86. The van der Waals surface area contributed by atoms with Crippen molar-refractivity contribution in [2.75, 3.05) is 0 Å². The summed E-state index contributed by atoms with van der Waals surface area (Å²) in [5.41, 5.74) is 0.384. The Labute approximate surface area is 104 Å². The van der Waals surface area contributed by atoms with E-state index in [1.165, 1.54) is 41.5 Å². The van der Waals surface area contributed by atoms with Crippen molar-refractivity contribution in [1.29, 1.82) is 0 Å². The van der Waals surface area contributed by atoms with E-state index < -0.39 is 0 Å². The largest absolute Gasteiger partial charge is 0.307 e. The van der Waals surface area contributed by atoms with Crippen LogP contribution in [0.15, 0.2) is 15.9 Å². The van der Waals surface area contributed by atoms with Gasteiger partial charge in [-0.25, -0.2) is 0 Å². The summed E-state index contributed by atoms with van der Waals surface area (Å²) in [6, 6.07) is 2.21. The molecule has 15 heavy (non-hydrogen) atoms. The van der Waals surface area contributed by atoms with Gasteiger partial charge in [-0.05, 0) is 41.8 Å². The van der Waals surface area contributed by atoms with E-state index in [1.54, 1.807) is 0 Å². The second-order valence-electron chi connectivity index (χ2n) is 4.71. The number of rotatable bonds is 3. The maximum absolute atomic E-state index is 3.72. The molecule has 0 unspecified atom stereocenters. The normalized spacial score (nSPS) is 20.4. The van der Waals surface area contributed by atoms with Crippen molar-refractivity contribution in [3.8, 4) is 0 Å². The average molecular weight is 288 g/mol. The first-order valence-corrected chi connectivity index (χ1v) is 7.33. The van der Waals surface area contributed by atoms with Gasteiger partial charge < -0.3 is 5.32 Å². The van der Waals surface area contributed by atoms with Crippen molar-refractivity contribution in [3.05, 3.63) is 20.8 Å². The topological polar surface area (TPSA) is 12.0 Å². The lowest BCUT2D eigenvalue weighted by Crippen LogP contribution is -2.43. The molecule has 1 aliphatic rings. The first-order chi connectivity index (χ1) is 7.18. The summed E-state index contributed by atoms with van der Waals surface area (Å²) in [7, 11) is 0. The van der Waals surface area contributed by atoms with Gasteiger partial charge in [0.25, 0.3) is 0 Å². The fourth-order valence-electron chi connectivity index (χ4n) is 2.26. The molecule has 0 spiro atoms. The standard InChI is InChI=1S/C12H18BrNS/c1-12(5-3-2-4-6-12)14-8-11-7-10(13)9-15-11/h7,9,14H,2-6,8H2,1H3. The number of nitrogens with one attached hydrogen (secondary N) is 1. The third-order valence-electron chi connectivity index (χ3n) is 3.27. The molecule has 1 fully saturated rings. The van der Waals surface area contributed by atoms with E-state index in [1.807, 2.05) is 11.3 Å². The molecule has 1 aliphatic carbocycles. The Hall–Kier alpha value is 0.140. The molecule has 0 saturated heterocycles. The van der Waals surface area contributed by atoms with Crippen molar-refractivity contribution in [2.45, 2.75) is 51.1 Å². The highest BCUT2D eigenvalue weighted by Gasteiger charge is 2.25. The zero-order chi connectivity index (χ0) is 10.7. The molecule has 1 N–H and O–H groups in total. The molecule has 1 aromatic heterocycles. The van der Waals surface area contributed by atoms with Gasteiger partial charge in [-0.3, -0.25) is 0 Å².